The van der Waals surface area contributed by atoms with Gasteiger partial charge < -0.3 is 14.4 Å². The summed E-state index contributed by atoms with van der Waals surface area (Å²) in [6.45, 7) is 3.69. The van der Waals surface area contributed by atoms with Crippen LogP contribution in [-0.2, 0) is 6.54 Å². The van der Waals surface area contributed by atoms with Gasteiger partial charge in [-0.1, -0.05) is 30.3 Å². The van der Waals surface area contributed by atoms with E-state index in [-0.39, 0.29) is 11.9 Å². The van der Waals surface area contributed by atoms with Crippen LogP contribution in [0, 0.1) is 5.82 Å². The maximum absolute atomic E-state index is 13.4. The topological polar surface area (TPSA) is 68.5 Å². The number of methoxy groups -OCH3 is 2. The van der Waals surface area contributed by atoms with Crippen LogP contribution < -0.4 is 14.4 Å². The van der Waals surface area contributed by atoms with E-state index in [1.807, 2.05) is 53.2 Å². The van der Waals surface area contributed by atoms with E-state index in [1.54, 1.807) is 14.2 Å². The first-order valence-electron chi connectivity index (χ1n) is 11.9. The molecule has 0 N–H and O–H groups in total. The lowest BCUT2D eigenvalue weighted by atomic mass is 10.0. The fourth-order valence-electron chi connectivity index (χ4n) is 4.71. The van der Waals surface area contributed by atoms with Crippen molar-refractivity contribution in [2.45, 2.75) is 12.6 Å². The van der Waals surface area contributed by atoms with Crippen molar-refractivity contribution in [2.24, 2.45) is 0 Å². The Balaban J connectivity index is 1.48. The van der Waals surface area contributed by atoms with Crippen molar-refractivity contribution in [1.29, 1.82) is 0 Å². The van der Waals surface area contributed by atoms with Gasteiger partial charge in [-0.3, -0.25) is 4.90 Å². The predicted octanol–water partition coefficient (Wildman–Crippen LogP) is 3.79. The van der Waals surface area contributed by atoms with Crippen LogP contribution in [0.3, 0.4) is 0 Å². The standard InChI is InChI=1S/C27H29FN6O2/c1-35-23-12-13-24(25(18-23)36-2)26(27-29-30-31-34(27)19-20-6-4-3-5-7-20)33-16-14-32(15-17-33)22-10-8-21(28)9-11-22/h3-13,18,26H,14-17,19H2,1-2H3/t26-/m0/s1. The average molecular weight is 489 g/mol. The van der Waals surface area contributed by atoms with E-state index in [9.17, 15) is 4.39 Å². The number of nitrogens with zero attached hydrogens (tertiary/aromatic N) is 6. The number of piperazine rings is 1. The Kier molecular flexibility index (Phi) is 7.08. The molecule has 1 fully saturated rings. The van der Waals surface area contributed by atoms with E-state index in [0.717, 1.165) is 60.3 Å². The molecule has 0 unspecified atom stereocenters. The van der Waals surface area contributed by atoms with Gasteiger partial charge in [-0.05, 0) is 52.4 Å². The third-order valence-electron chi connectivity index (χ3n) is 6.59. The van der Waals surface area contributed by atoms with E-state index in [0.29, 0.717) is 6.54 Å². The molecule has 4 aromatic rings. The van der Waals surface area contributed by atoms with Crippen LogP contribution in [0.15, 0.2) is 72.8 Å². The Morgan fingerprint density at radius 2 is 1.64 bits per heavy atom. The fraction of sp³-hybridized carbons (Fsp3) is 0.296. The van der Waals surface area contributed by atoms with Crippen LogP contribution in [0.1, 0.15) is 23.0 Å². The number of hydrogen-bond acceptors (Lipinski definition) is 7. The van der Waals surface area contributed by atoms with Gasteiger partial charge in [0.1, 0.15) is 23.4 Å². The second-order valence-corrected chi connectivity index (χ2v) is 8.69. The number of ether oxygens (including phenoxy) is 2. The lowest BCUT2D eigenvalue weighted by Gasteiger charge is -2.40. The summed E-state index contributed by atoms with van der Waals surface area (Å²) in [5.41, 5.74) is 3.11. The zero-order chi connectivity index (χ0) is 24.9. The van der Waals surface area contributed by atoms with Crippen molar-refractivity contribution in [3.05, 3.63) is 95.6 Å². The van der Waals surface area contributed by atoms with Crippen molar-refractivity contribution < 1.29 is 13.9 Å². The zero-order valence-electron chi connectivity index (χ0n) is 20.4. The highest BCUT2D eigenvalue weighted by Crippen LogP contribution is 2.37. The number of hydrogen-bond donors (Lipinski definition) is 0. The van der Waals surface area contributed by atoms with Crippen LogP contribution >= 0.6 is 0 Å². The molecule has 0 saturated carbocycles. The van der Waals surface area contributed by atoms with E-state index in [1.165, 1.54) is 12.1 Å². The van der Waals surface area contributed by atoms with Gasteiger partial charge in [0.15, 0.2) is 5.82 Å². The Labute approximate surface area is 209 Å². The van der Waals surface area contributed by atoms with E-state index < -0.39 is 0 Å². The van der Waals surface area contributed by atoms with Crippen molar-refractivity contribution in [2.75, 3.05) is 45.3 Å². The lowest BCUT2D eigenvalue weighted by Crippen LogP contribution is -2.48. The molecule has 8 nitrogen and oxygen atoms in total. The largest absolute Gasteiger partial charge is 0.497 e. The smallest absolute Gasteiger partial charge is 0.173 e. The highest BCUT2D eigenvalue weighted by molar-refractivity contribution is 5.48. The zero-order valence-corrected chi connectivity index (χ0v) is 20.4. The Morgan fingerprint density at radius 3 is 2.33 bits per heavy atom. The SMILES string of the molecule is COc1ccc([C@@H](c2nnnn2Cc2ccccc2)N2CCN(c3ccc(F)cc3)CC2)c(OC)c1. The molecule has 1 aliphatic rings. The Bertz CT molecular complexity index is 1270. The summed E-state index contributed by atoms with van der Waals surface area (Å²) in [6, 6.07) is 22.4. The van der Waals surface area contributed by atoms with Crippen molar-refractivity contribution in [3.8, 4) is 11.5 Å². The highest BCUT2D eigenvalue weighted by atomic mass is 19.1. The summed E-state index contributed by atoms with van der Waals surface area (Å²) in [7, 11) is 3.30. The Morgan fingerprint density at radius 1 is 0.889 bits per heavy atom. The Hall–Kier alpha value is -3.98. The second kappa shape index (κ2) is 10.7. The third kappa shape index (κ3) is 5.01. The van der Waals surface area contributed by atoms with Crippen LogP contribution in [0.2, 0.25) is 0 Å². The number of halogens is 1. The molecule has 1 saturated heterocycles. The molecule has 1 atom stereocenters. The van der Waals surface area contributed by atoms with Crippen molar-refractivity contribution in [1.82, 2.24) is 25.1 Å². The summed E-state index contributed by atoms with van der Waals surface area (Å²) in [4.78, 5) is 4.64. The summed E-state index contributed by atoms with van der Waals surface area (Å²) >= 11 is 0. The molecule has 186 valence electrons. The molecule has 1 aromatic heterocycles. The van der Waals surface area contributed by atoms with Crippen LogP contribution in [0.25, 0.3) is 0 Å². The summed E-state index contributed by atoms with van der Waals surface area (Å²) in [6.07, 6.45) is 0. The van der Waals surface area contributed by atoms with E-state index >= 15 is 0 Å². The molecule has 36 heavy (non-hydrogen) atoms. The lowest BCUT2D eigenvalue weighted by molar-refractivity contribution is 0.198. The molecule has 0 bridgehead atoms. The predicted molar refractivity (Wildman–Crippen MR) is 135 cm³/mol. The highest BCUT2D eigenvalue weighted by Gasteiger charge is 2.33. The first kappa shape index (κ1) is 23.7. The van der Waals surface area contributed by atoms with Crippen LogP contribution in [0.4, 0.5) is 10.1 Å². The van der Waals surface area contributed by atoms with Gasteiger partial charge in [-0.25, -0.2) is 9.07 Å². The van der Waals surface area contributed by atoms with Crippen LogP contribution in [0.5, 0.6) is 11.5 Å². The maximum Gasteiger partial charge on any atom is 0.173 e. The number of anilines is 1. The van der Waals surface area contributed by atoms with Gasteiger partial charge in [0.05, 0.1) is 20.8 Å². The van der Waals surface area contributed by atoms with Gasteiger partial charge in [0.25, 0.3) is 0 Å². The third-order valence-corrected chi connectivity index (χ3v) is 6.59. The maximum atomic E-state index is 13.4. The minimum atomic E-state index is -0.227. The number of aromatic nitrogens is 4. The van der Waals surface area contributed by atoms with Gasteiger partial charge in [0, 0.05) is 43.5 Å². The summed E-state index contributed by atoms with van der Waals surface area (Å²) < 4.78 is 26.5. The first-order chi connectivity index (χ1) is 17.7. The average Bonchev–Trinajstić information content (AvgIpc) is 3.38. The van der Waals surface area contributed by atoms with Gasteiger partial charge in [-0.15, -0.1) is 5.10 Å². The minimum absolute atomic E-state index is 0.222. The second-order valence-electron chi connectivity index (χ2n) is 8.69. The van der Waals surface area contributed by atoms with Crippen LogP contribution in [-0.4, -0.2) is 65.5 Å². The summed E-state index contributed by atoms with van der Waals surface area (Å²) in [5, 5.41) is 12.9. The number of tetrazole rings is 1. The molecule has 5 rings (SSSR count). The number of rotatable bonds is 8. The van der Waals surface area contributed by atoms with E-state index in [2.05, 4.69) is 37.5 Å². The van der Waals surface area contributed by atoms with E-state index in [4.69, 9.17) is 9.47 Å². The molecular formula is C27H29FN6O2. The molecule has 0 spiro atoms. The molecule has 1 aliphatic heterocycles. The molecule has 9 heteroatoms. The quantitative estimate of drug-likeness (QED) is 0.374. The number of benzene rings is 3. The van der Waals surface area contributed by atoms with Crippen molar-refractivity contribution in [3.63, 3.8) is 0 Å². The molecule has 3 aromatic carbocycles. The molecule has 0 aliphatic carbocycles. The minimum Gasteiger partial charge on any atom is -0.497 e. The molecule has 0 radical (unpaired) electrons. The normalized spacial score (nSPS) is 15.0. The fourth-order valence-corrected chi connectivity index (χ4v) is 4.71. The molecule has 2 heterocycles. The van der Waals surface area contributed by atoms with Gasteiger partial charge in [0.2, 0.25) is 0 Å². The molecule has 0 amide bonds. The van der Waals surface area contributed by atoms with Gasteiger partial charge >= 0.3 is 0 Å². The molecular weight excluding hydrogens is 459 g/mol. The van der Waals surface area contributed by atoms with Crippen molar-refractivity contribution >= 4 is 5.69 Å². The monoisotopic (exact) mass is 488 g/mol. The summed E-state index contributed by atoms with van der Waals surface area (Å²) in [5.74, 6) is 1.96. The van der Waals surface area contributed by atoms with Gasteiger partial charge in [-0.2, -0.15) is 0 Å². The first-order valence-corrected chi connectivity index (χ1v) is 11.9.